The molecule has 1 N–H and O–H groups in total. The van der Waals surface area contributed by atoms with Crippen LogP contribution >= 0.6 is 0 Å². The SMILES string of the molecule is COCc1nc(-c2c(C)nc3c(-c4ccccc4)c(C(F)(F)F)[nH]n3c2=O)oc1C(C)C. The van der Waals surface area contributed by atoms with Gasteiger partial charge in [-0.1, -0.05) is 44.2 Å². The number of oxazole rings is 1. The van der Waals surface area contributed by atoms with Crippen molar-refractivity contribution in [3.05, 3.63) is 63.5 Å². The first-order chi connectivity index (χ1) is 15.1. The summed E-state index contributed by atoms with van der Waals surface area (Å²) in [5.74, 6) is 0.501. The van der Waals surface area contributed by atoms with Crippen LogP contribution in [0.15, 0.2) is 39.5 Å². The summed E-state index contributed by atoms with van der Waals surface area (Å²) in [6.07, 6.45) is -4.72. The van der Waals surface area contributed by atoms with Crippen LogP contribution in [0, 0.1) is 6.92 Å². The van der Waals surface area contributed by atoms with Crippen LogP contribution in [0.5, 0.6) is 0 Å². The van der Waals surface area contributed by atoms with Gasteiger partial charge in [-0.25, -0.2) is 9.97 Å². The number of rotatable bonds is 5. The molecular weight excluding hydrogens is 425 g/mol. The Morgan fingerprint density at radius 3 is 2.44 bits per heavy atom. The molecule has 32 heavy (non-hydrogen) atoms. The fourth-order valence-corrected chi connectivity index (χ4v) is 3.67. The minimum Gasteiger partial charge on any atom is -0.440 e. The summed E-state index contributed by atoms with van der Waals surface area (Å²) in [5, 5.41) is 2.20. The van der Waals surface area contributed by atoms with E-state index in [4.69, 9.17) is 9.15 Å². The quantitative estimate of drug-likeness (QED) is 0.469. The van der Waals surface area contributed by atoms with E-state index in [0.29, 0.717) is 17.0 Å². The molecule has 0 radical (unpaired) electrons. The smallest absolute Gasteiger partial charge is 0.433 e. The van der Waals surface area contributed by atoms with Crippen LogP contribution in [0.3, 0.4) is 0 Å². The van der Waals surface area contributed by atoms with E-state index in [2.05, 4.69) is 15.1 Å². The van der Waals surface area contributed by atoms with Gasteiger partial charge in [-0.15, -0.1) is 0 Å². The number of nitrogens with zero attached hydrogens (tertiary/aromatic N) is 3. The van der Waals surface area contributed by atoms with Gasteiger partial charge in [0.05, 0.1) is 17.9 Å². The third-order valence-electron chi connectivity index (χ3n) is 5.05. The van der Waals surface area contributed by atoms with Gasteiger partial charge < -0.3 is 9.15 Å². The Balaban J connectivity index is 2.02. The van der Waals surface area contributed by atoms with Crippen molar-refractivity contribution in [3.63, 3.8) is 0 Å². The number of alkyl halides is 3. The maximum Gasteiger partial charge on any atom is 0.433 e. The zero-order valence-electron chi connectivity index (χ0n) is 17.9. The Bertz CT molecular complexity index is 1330. The molecule has 10 heteroatoms. The van der Waals surface area contributed by atoms with Crippen molar-refractivity contribution in [1.29, 1.82) is 0 Å². The molecule has 0 bridgehead atoms. The average Bonchev–Trinajstić information content (AvgIpc) is 3.31. The van der Waals surface area contributed by atoms with Crippen LogP contribution in [0.25, 0.3) is 28.2 Å². The van der Waals surface area contributed by atoms with E-state index in [1.54, 1.807) is 25.1 Å². The molecule has 0 aliphatic heterocycles. The lowest BCUT2D eigenvalue weighted by Crippen LogP contribution is -2.20. The summed E-state index contributed by atoms with van der Waals surface area (Å²) in [6.45, 7) is 5.52. The maximum atomic E-state index is 13.8. The van der Waals surface area contributed by atoms with Gasteiger partial charge in [-0.3, -0.25) is 9.89 Å². The van der Waals surface area contributed by atoms with E-state index in [1.165, 1.54) is 19.2 Å². The number of H-pyrrole nitrogens is 1. The van der Waals surface area contributed by atoms with Crippen LogP contribution in [0.2, 0.25) is 0 Å². The van der Waals surface area contributed by atoms with E-state index in [1.807, 2.05) is 13.8 Å². The van der Waals surface area contributed by atoms with E-state index >= 15 is 0 Å². The molecule has 4 rings (SSSR count). The van der Waals surface area contributed by atoms with E-state index in [9.17, 15) is 18.0 Å². The molecule has 3 heterocycles. The highest BCUT2D eigenvalue weighted by atomic mass is 19.4. The van der Waals surface area contributed by atoms with Gasteiger partial charge >= 0.3 is 6.18 Å². The predicted molar refractivity (Wildman–Crippen MR) is 111 cm³/mol. The summed E-state index contributed by atoms with van der Waals surface area (Å²) in [5.41, 5.74) is -1.10. The number of ether oxygens (including phenoxy) is 1. The first-order valence-electron chi connectivity index (χ1n) is 9.90. The Labute approximate surface area is 180 Å². The summed E-state index contributed by atoms with van der Waals surface area (Å²) in [4.78, 5) is 22.0. The first-order valence-corrected chi connectivity index (χ1v) is 9.90. The Morgan fingerprint density at radius 1 is 1.16 bits per heavy atom. The standard InChI is InChI=1S/C22H21F3N4O3/c1-11(2)17-14(10-31-4)27-20(32-17)15-12(3)26-19-16(13-8-6-5-7-9-13)18(22(23,24)25)28-29(19)21(15)30/h5-9,11,28H,10H2,1-4H3. The Morgan fingerprint density at radius 2 is 1.84 bits per heavy atom. The molecule has 0 spiro atoms. The first kappa shape index (κ1) is 21.8. The zero-order chi connectivity index (χ0) is 23.2. The predicted octanol–water partition coefficient (Wildman–Crippen LogP) is 4.94. The van der Waals surface area contributed by atoms with Crippen molar-refractivity contribution >= 4 is 5.65 Å². The monoisotopic (exact) mass is 446 g/mol. The van der Waals surface area contributed by atoms with E-state index in [-0.39, 0.29) is 40.9 Å². The van der Waals surface area contributed by atoms with Crippen LogP contribution in [0.1, 0.15) is 42.6 Å². The number of nitrogens with one attached hydrogen (secondary N) is 1. The number of hydrogen-bond acceptors (Lipinski definition) is 5. The van der Waals surface area contributed by atoms with Gasteiger partial charge in [0.1, 0.15) is 22.7 Å². The third-order valence-corrected chi connectivity index (χ3v) is 5.05. The normalized spacial score (nSPS) is 12.2. The number of benzene rings is 1. The topological polar surface area (TPSA) is 85.4 Å². The molecule has 7 nitrogen and oxygen atoms in total. The minimum absolute atomic E-state index is 0.00503. The van der Waals surface area contributed by atoms with Crippen molar-refractivity contribution in [2.75, 3.05) is 7.11 Å². The summed E-state index contributed by atoms with van der Waals surface area (Å²) in [6, 6.07) is 8.01. The van der Waals surface area contributed by atoms with Gasteiger partial charge in [0.15, 0.2) is 5.65 Å². The highest BCUT2D eigenvalue weighted by Gasteiger charge is 2.38. The van der Waals surface area contributed by atoms with Gasteiger partial charge in [0, 0.05) is 13.0 Å². The molecule has 0 aliphatic rings. The molecule has 0 atom stereocenters. The van der Waals surface area contributed by atoms with Crippen molar-refractivity contribution in [2.45, 2.75) is 39.5 Å². The number of aromatic nitrogens is 4. The number of fused-ring (bicyclic) bond motifs is 1. The van der Waals surface area contributed by atoms with E-state index in [0.717, 1.165) is 4.52 Å². The fraction of sp³-hybridized carbons (Fsp3) is 0.318. The molecule has 0 saturated heterocycles. The van der Waals surface area contributed by atoms with E-state index < -0.39 is 17.4 Å². The minimum atomic E-state index is -4.72. The number of hydrogen-bond donors (Lipinski definition) is 1. The lowest BCUT2D eigenvalue weighted by atomic mass is 10.1. The van der Waals surface area contributed by atoms with Crippen molar-refractivity contribution in [1.82, 2.24) is 19.6 Å². The van der Waals surface area contributed by atoms with Gasteiger partial charge in [-0.2, -0.15) is 17.7 Å². The van der Waals surface area contributed by atoms with Crippen molar-refractivity contribution in [3.8, 4) is 22.6 Å². The molecule has 0 fully saturated rings. The van der Waals surface area contributed by atoms with Crippen LogP contribution < -0.4 is 5.56 Å². The molecule has 1 aromatic carbocycles. The lowest BCUT2D eigenvalue weighted by molar-refractivity contribution is -0.140. The number of halogens is 3. The summed E-state index contributed by atoms with van der Waals surface area (Å²) in [7, 11) is 1.51. The Hall–Kier alpha value is -3.40. The fourth-order valence-electron chi connectivity index (χ4n) is 3.67. The second-order valence-electron chi connectivity index (χ2n) is 7.68. The second-order valence-corrected chi connectivity index (χ2v) is 7.68. The second kappa shape index (κ2) is 7.94. The van der Waals surface area contributed by atoms with Gasteiger partial charge in [0.2, 0.25) is 5.89 Å². The van der Waals surface area contributed by atoms with Crippen LogP contribution in [0.4, 0.5) is 13.2 Å². The largest absolute Gasteiger partial charge is 0.440 e. The highest BCUT2D eigenvalue weighted by molar-refractivity contribution is 5.81. The molecule has 0 amide bonds. The zero-order valence-corrected chi connectivity index (χ0v) is 17.9. The molecule has 168 valence electrons. The van der Waals surface area contributed by atoms with Crippen molar-refractivity contribution in [2.24, 2.45) is 0 Å². The average molecular weight is 446 g/mol. The number of aryl methyl sites for hydroxylation is 1. The third kappa shape index (κ3) is 3.60. The maximum absolute atomic E-state index is 13.8. The molecule has 0 saturated carbocycles. The molecule has 3 aromatic heterocycles. The van der Waals surface area contributed by atoms with Crippen LogP contribution in [-0.4, -0.2) is 26.7 Å². The molecule has 4 aromatic rings. The summed E-state index contributed by atoms with van der Waals surface area (Å²) < 4.78 is 53.3. The van der Waals surface area contributed by atoms with Gasteiger partial charge in [-0.05, 0) is 12.5 Å². The summed E-state index contributed by atoms with van der Waals surface area (Å²) >= 11 is 0. The van der Waals surface area contributed by atoms with Crippen molar-refractivity contribution < 1.29 is 22.3 Å². The highest BCUT2D eigenvalue weighted by Crippen LogP contribution is 2.38. The molecule has 0 aliphatic carbocycles. The number of methoxy groups -OCH3 is 1. The van der Waals surface area contributed by atoms with Crippen LogP contribution in [-0.2, 0) is 17.5 Å². The Kier molecular flexibility index (Phi) is 5.41. The number of aromatic amines is 1. The molecule has 0 unspecified atom stereocenters. The van der Waals surface area contributed by atoms with Gasteiger partial charge in [0.25, 0.3) is 5.56 Å². The molecular formula is C22H21F3N4O3. The lowest BCUT2D eigenvalue weighted by Gasteiger charge is -2.07.